The minimum atomic E-state index is -2.28. The SMILES string of the molecule is N#Cc1cc(-n2c3ccccc3c3ccc(-c4cccnc4-c4ccccc4)cc32)c(-c2c(F)c(F)c(F)c(F)c2F)cc1-n1c2ccccc2c2ccc(-c3cccnc3-c3ccccc3)cc21. The highest BCUT2D eigenvalue weighted by Gasteiger charge is 2.31. The van der Waals surface area contributed by atoms with Gasteiger partial charge in [-0.05, 0) is 59.7 Å². The zero-order valence-electron chi connectivity index (χ0n) is 36.1. The molecule has 8 aromatic carbocycles. The van der Waals surface area contributed by atoms with Crippen molar-refractivity contribution in [2.24, 2.45) is 0 Å². The van der Waals surface area contributed by atoms with E-state index in [1.54, 1.807) is 23.0 Å². The van der Waals surface area contributed by atoms with Crippen LogP contribution < -0.4 is 0 Å². The summed E-state index contributed by atoms with van der Waals surface area (Å²) in [5.41, 5.74) is 7.53. The molecule has 12 aromatic rings. The molecular formula is C59H32F5N5. The number of pyridine rings is 2. The minimum Gasteiger partial charge on any atom is -0.309 e. The third-order valence-electron chi connectivity index (χ3n) is 12.9. The molecule has 0 unspecified atom stereocenters. The summed E-state index contributed by atoms with van der Waals surface area (Å²) in [6.45, 7) is 0. The number of halogens is 5. The summed E-state index contributed by atoms with van der Waals surface area (Å²) in [6.07, 6.45) is 3.43. The van der Waals surface area contributed by atoms with Crippen molar-refractivity contribution in [1.82, 2.24) is 19.1 Å². The Morgan fingerprint density at radius 2 is 0.797 bits per heavy atom. The van der Waals surface area contributed by atoms with Crippen LogP contribution in [0.15, 0.2) is 194 Å². The van der Waals surface area contributed by atoms with Gasteiger partial charge in [0, 0.05) is 61.8 Å². The highest BCUT2D eigenvalue weighted by molar-refractivity contribution is 6.12. The fourth-order valence-electron chi connectivity index (χ4n) is 9.80. The van der Waals surface area contributed by atoms with E-state index in [1.807, 2.05) is 168 Å². The van der Waals surface area contributed by atoms with E-state index in [9.17, 15) is 9.65 Å². The van der Waals surface area contributed by atoms with Crippen LogP contribution in [0, 0.1) is 40.4 Å². The molecule has 4 heterocycles. The van der Waals surface area contributed by atoms with Crippen LogP contribution in [0.25, 0.3) is 111 Å². The van der Waals surface area contributed by atoms with Crippen molar-refractivity contribution in [3.05, 3.63) is 229 Å². The zero-order chi connectivity index (χ0) is 46.9. The van der Waals surface area contributed by atoms with Crippen molar-refractivity contribution in [1.29, 1.82) is 5.26 Å². The first kappa shape index (κ1) is 41.2. The lowest BCUT2D eigenvalue weighted by Crippen LogP contribution is -2.08. The average Bonchev–Trinajstić information content (AvgIpc) is 3.92. The molecule has 4 aromatic heterocycles. The van der Waals surface area contributed by atoms with Crippen molar-refractivity contribution in [3.8, 4) is 73.3 Å². The molecule has 69 heavy (non-hydrogen) atoms. The molecule has 0 aliphatic heterocycles. The molecule has 0 bridgehead atoms. The second-order valence-corrected chi connectivity index (χ2v) is 16.6. The van der Waals surface area contributed by atoms with E-state index in [0.29, 0.717) is 27.8 Å². The van der Waals surface area contributed by atoms with Crippen LogP contribution >= 0.6 is 0 Å². The normalized spacial score (nSPS) is 11.5. The number of para-hydroxylation sites is 2. The summed E-state index contributed by atoms with van der Waals surface area (Å²) >= 11 is 0. The topological polar surface area (TPSA) is 59.4 Å². The van der Waals surface area contributed by atoms with Crippen LogP contribution in [0.3, 0.4) is 0 Å². The molecule has 0 atom stereocenters. The Labute approximate surface area is 390 Å². The number of nitrogens with zero attached hydrogens (tertiary/aromatic N) is 5. The highest BCUT2D eigenvalue weighted by Crippen LogP contribution is 2.45. The summed E-state index contributed by atoms with van der Waals surface area (Å²) in [5, 5.41) is 14.3. The van der Waals surface area contributed by atoms with Gasteiger partial charge in [0.1, 0.15) is 6.07 Å². The maximum Gasteiger partial charge on any atom is 0.200 e. The summed E-state index contributed by atoms with van der Waals surface area (Å²) in [4.78, 5) is 9.47. The number of hydrogen-bond acceptors (Lipinski definition) is 3. The molecule has 0 saturated carbocycles. The largest absolute Gasteiger partial charge is 0.309 e. The van der Waals surface area contributed by atoms with Crippen LogP contribution in [0.2, 0.25) is 0 Å². The first-order valence-corrected chi connectivity index (χ1v) is 22.0. The van der Waals surface area contributed by atoms with E-state index in [0.717, 1.165) is 60.6 Å². The number of fused-ring (bicyclic) bond motifs is 6. The van der Waals surface area contributed by atoms with Gasteiger partial charge in [0.25, 0.3) is 0 Å². The molecule has 0 aliphatic carbocycles. The van der Waals surface area contributed by atoms with Crippen LogP contribution in [0.4, 0.5) is 22.0 Å². The first-order valence-electron chi connectivity index (χ1n) is 22.0. The van der Waals surface area contributed by atoms with Gasteiger partial charge in [-0.3, -0.25) is 9.97 Å². The molecule has 5 nitrogen and oxygen atoms in total. The van der Waals surface area contributed by atoms with E-state index in [1.165, 1.54) is 12.1 Å². The Kier molecular flexibility index (Phi) is 9.74. The number of benzene rings is 8. The second-order valence-electron chi connectivity index (χ2n) is 16.6. The molecule has 10 heteroatoms. The van der Waals surface area contributed by atoms with Gasteiger partial charge >= 0.3 is 0 Å². The van der Waals surface area contributed by atoms with E-state index in [4.69, 9.17) is 9.97 Å². The van der Waals surface area contributed by atoms with E-state index in [2.05, 4.69) is 6.07 Å². The van der Waals surface area contributed by atoms with E-state index in [-0.39, 0.29) is 22.5 Å². The lowest BCUT2D eigenvalue weighted by molar-refractivity contribution is 0.381. The van der Waals surface area contributed by atoms with Crippen molar-refractivity contribution in [3.63, 3.8) is 0 Å². The molecule has 0 spiro atoms. The third-order valence-corrected chi connectivity index (χ3v) is 12.9. The van der Waals surface area contributed by atoms with Gasteiger partial charge in [-0.25, -0.2) is 22.0 Å². The number of rotatable bonds is 7. The molecule has 0 radical (unpaired) electrons. The summed E-state index contributed by atoms with van der Waals surface area (Å²) in [7, 11) is 0. The van der Waals surface area contributed by atoms with Gasteiger partial charge in [0.15, 0.2) is 23.3 Å². The van der Waals surface area contributed by atoms with Gasteiger partial charge in [0.2, 0.25) is 5.82 Å². The van der Waals surface area contributed by atoms with Crippen LogP contribution in [-0.4, -0.2) is 19.1 Å². The molecule has 0 aliphatic rings. The van der Waals surface area contributed by atoms with Crippen LogP contribution in [-0.2, 0) is 0 Å². The molecule has 0 amide bonds. The van der Waals surface area contributed by atoms with Crippen molar-refractivity contribution in [2.75, 3.05) is 0 Å². The smallest absolute Gasteiger partial charge is 0.200 e. The quantitative estimate of drug-likeness (QED) is 0.0909. The highest BCUT2D eigenvalue weighted by atomic mass is 19.2. The lowest BCUT2D eigenvalue weighted by Gasteiger charge is -2.20. The van der Waals surface area contributed by atoms with Crippen molar-refractivity contribution < 1.29 is 22.0 Å². The summed E-state index contributed by atoms with van der Waals surface area (Å²) < 4.78 is 82.8. The van der Waals surface area contributed by atoms with E-state index >= 15 is 17.6 Å². The Balaban J connectivity index is 1.18. The molecule has 328 valence electrons. The third kappa shape index (κ3) is 6.50. The van der Waals surface area contributed by atoms with Crippen LogP contribution in [0.5, 0.6) is 0 Å². The lowest BCUT2D eigenvalue weighted by atomic mass is 9.97. The van der Waals surface area contributed by atoms with E-state index < -0.39 is 34.6 Å². The van der Waals surface area contributed by atoms with Crippen molar-refractivity contribution in [2.45, 2.75) is 0 Å². The fraction of sp³-hybridized carbons (Fsp3) is 0. The Hall–Kier alpha value is -9.20. The van der Waals surface area contributed by atoms with Crippen LogP contribution in [0.1, 0.15) is 5.56 Å². The first-order chi connectivity index (χ1) is 33.8. The average molecular weight is 906 g/mol. The Morgan fingerprint density at radius 3 is 1.29 bits per heavy atom. The maximum atomic E-state index is 16.6. The molecule has 0 saturated heterocycles. The molecule has 12 rings (SSSR count). The minimum absolute atomic E-state index is 0.0145. The second kappa shape index (κ2) is 16.3. The number of aromatic nitrogens is 4. The van der Waals surface area contributed by atoms with Gasteiger partial charge < -0.3 is 9.13 Å². The van der Waals surface area contributed by atoms with Gasteiger partial charge in [-0.1, -0.05) is 133 Å². The molecule has 0 N–H and O–H groups in total. The van der Waals surface area contributed by atoms with Crippen molar-refractivity contribution >= 4 is 43.6 Å². The predicted octanol–water partition coefficient (Wildman–Crippen LogP) is 15.6. The standard InChI is InChI=1S/C59H32F5N5/c60-53-52(54(61)56(63)57(64)55(53)62)45-32-48(68-46-21-9-7-17-41(46)43-25-23-36(29-49(43)68)39-19-11-27-66-58(39)34-13-3-1-4-14-34)38(33-65)31-51(45)69-47-22-10-8-18-42(47)44-26-24-37(30-50(44)69)40-20-12-28-67-59(40)35-15-5-2-6-16-35/h1-32H. The summed E-state index contributed by atoms with van der Waals surface area (Å²) in [6, 6.07) is 58.8. The number of nitriles is 1. The molecule has 0 fully saturated rings. The maximum absolute atomic E-state index is 16.6. The molecular weight excluding hydrogens is 874 g/mol. The monoisotopic (exact) mass is 905 g/mol. The zero-order valence-corrected chi connectivity index (χ0v) is 36.1. The van der Waals surface area contributed by atoms with Gasteiger partial charge in [-0.2, -0.15) is 5.26 Å². The predicted molar refractivity (Wildman–Crippen MR) is 262 cm³/mol. The fourth-order valence-corrected chi connectivity index (χ4v) is 9.80. The Morgan fingerprint density at radius 1 is 0.362 bits per heavy atom. The number of hydrogen-bond donors (Lipinski definition) is 0. The summed E-state index contributed by atoms with van der Waals surface area (Å²) in [5.74, 6) is -10.5. The van der Waals surface area contributed by atoms with Gasteiger partial charge in [0.05, 0.1) is 56.0 Å². The van der Waals surface area contributed by atoms with Gasteiger partial charge in [-0.15, -0.1) is 0 Å². The Bertz CT molecular complexity index is 4070.